The minimum absolute atomic E-state index is 0. The average molecular weight is 980 g/mol. The highest BCUT2D eigenvalue weighted by Crippen LogP contribution is 2.42. The van der Waals surface area contributed by atoms with Gasteiger partial charge in [0.25, 0.3) is 5.56 Å². The van der Waals surface area contributed by atoms with Crippen LogP contribution in [-0.4, -0.2) is 131 Å². The maximum Gasteiger partial charge on any atom is 0.510 e. The van der Waals surface area contributed by atoms with Crippen LogP contribution in [0.5, 0.6) is 5.75 Å². The van der Waals surface area contributed by atoms with Gasteiger partial charge in [-0.15, -0.1) is 0 Å². The largest absolute Gasteiger partial charge is 0.510 e. The Morgan fingerprint density at radius 3 is 2.16 bits per heavy atom. The number of nitrogens with zero attached hydrogens (tertiary/aromatic N) is 5. The number of esters is 1. The lowest BCUT2D eigenvalue weighted by Crippen LogP contribution is -2.47. The van der Waals surface area contributed by atoms with Crippen molar-refractivity contribution in [3.8, 4) is 17.1 Å². The number of amides is 2. The fourth-order valence-corrected chi connectivity index (χ4v) is 7.59. The maximum atomic E-state index is 14.0. The normalized spacial score (nSPS) is 14.4. The van der Waals surface area contributed by atoms with E-state index in [1.165, 1.54) is 0 Å². The zero-order valence-electron chi connectivity index (χ0n) is 38.5. The van der Waals surface area contributed by atoms with Gasteiger partial charge in [0.1, 0.15) is 32.2 Å². The molecule has 0 fully saturated rings. The number of aryl methyl sites for hydroxylation is 1. The molecule has 4 aromatic rings. The quantitative estimate of drug-likeness (QED) is 0.0207. The van der Waals surface area contributed by atoms with Crippen molar-refractivity contribution < 1.29 is 66.9 Å². The molecule has 0 saturated heterocycles. The molecule has 6 rings (SSSR count). The predicted octanol–water partition coefficient (Wildman–Crippen LogP) is 4.29. The van der Waals surface area contributed by atoms with E-state index < -0.39 is 35.1 Å². The summed E-state index contributed by atoms with van der Waals surface area (Å²) in [5, 5.41) is 19.6. The Kier molecular flexibility index (Phi) is 21.0. The van der Waals surface area contributed by atoms with Crippen molar-refractivity contribution in [2.45, 2.75) is 52.0 Å². The number of pyridine rings is 2. The molecule has 2 aromatic heterocycles. The number of hydrogen-bond acceptors (Lipinski definition) is 17. The molecule has 69 heavy (non-hydrogen) atoms. The van der Waals surface area contributed by atoms with Crippen molar-refractivity contribution in [3.63, 3.8) is 0 Å². The number of phenols is 1. The zero-order chi connectivity index (χ0) is 48.3. The summed E-state index contributed by atoms with van der Waals surface area (Å²) in [6, 6.07) is 13.0. The number of phenolic OH excluding ortho intramolecular Hbond substituents is 1. The summed E-state index contributed by atoms with van der Waals surface area (Å²) in [4.78, 5) is 72.8. The van der Waals surface area contributed by atoms with Gasteiger partial charge in [-0.3, -0.25) is 14.4 Å². The zero-order valence-corrected chi connectivity index (χ0v) is 39.5. The number of anilines is 1. The number of aromatic nitrogens is 2. The molecular weight excluding hydrogens is 923 g/mol. The molecule has 0 saturated carbocycles. The summed E-state index contributed by atoms with van der Waals surface area (Å²) >= 11 is 0. The summed E-state index contributed by atoms with van der Waals surface area (Å²) in [5.41, 5.74) is 10.6. The number of nitrogens with one attached hydrogen (secondary N) is 2. The number of benzene rings is 2. The average Bonchev–Trinajstić information content (AvgIpc) is 3.70. The summed E-state index contributed by atoms with van der Waals surface area (Å²) in [5.74, 6) is -1.65. The number of hydrogen-bond donors (Lipinski definition) is 3. The smallest absolute Gasteiger partial charge is 0.508 e. The Hall–Kier alpha value is -6.30. The van der Waals surface area contributed by atoms with Crippen LogP contribution in [0.2, 0.25) is 0 Å². The monoisotopic (exact) mass is 979 g/mol. The fraction of sp³-hybridized carbons (Fsp3) is 0.478. The van der Waals surface area contributed by atoms with E-state index in [2.05, 4.69) is 20.7 Å². The second-order valence-electron chi connectivity index (χ2n) is 15.3. The molecule has 22 nitrogen and oxygen atoms in total. The fourth-order valence-electron chi connectivity index (χ4n) is 7.59. The highest BCUT2D eigenvalue weighted by atomic mass is 32.1. The van der Waals surface area contributed by atoms with Crippen LogP contribution < -0.4 is 16.2 Å². The number of fused-ring (bicyclic) bond motifs is 5. The Morgan fingerprint density at radius 1 is 0.855 bits per heavy atom. The van der Waals surface area contributed by atoms with E-state index in [9.17, 15) is 29.1 Å². The van der Waals surface area contributed by atoms with Crippen LogP contribution in [0.25, 0.3) is 32.7 Å². The van der Waals surface area contributed by atoms with Crippen LogP contribution in [-0.2, 0) is 88.8 Å². The first-order valence-electron chi connectivity index (χ1n) is 22.2. The lowest BCUT2D eigenvalue weighted by Gasteiger charge is -2.35. The third kappa shape index (κ3) is 14.4. The molecular formula is C46H57N7O15S. The third-order valence-corrected chi connectivity index (χ3v) is 10.9. The summed E-state index contributed by atoms with van der Waals surface area (Å²) in [6.07, 6.45) is -0.594. The van der Waals surface area contributed by atoms with Gasteiger partial charge in [0.15, 0.2) is 0 Å². The third-order valence-electron chi connectivity index (χ3n) is 10.9. The van der Waals surface area contributed by atoms with Crippen LogP contribution in [0, 0.1) is 0 Å². The molecule has 0 radical (unpaired) electrons. The SMILES string of the molecule is CCc1c2c(nc3ccc(O)cc13)-c1cc3c(c(=O)n1C2)COC(=O)[C@@]3(CC)OC(=O)OCc1ccc(NC(=O)COCC(=O)NCCOCCOCCOCCOCCOCCN=[N+]=[N-])cc1.S. The van der Waals surface area contributed by atoms with Gasteiger partial charge in [0, 0.05) is 40.2 Å². The lowest BCUT2D eigenvalue weighted by atomic mass is 9.85. The molecule has 2 aliphatic rings. The van der Waals surface area contributed by atoms with Gasteiger partial charge in [0.05, 0.1) is 95.1 Å². The summed E-state index contributed by atoms with van der Waals surface area (Å²) in [7, 11) is 0. The number of aromatic hydroxyl groups is 1. The summed E-state index contributed by atoms with van der Waals surface area (Å²) in [6.45, 7) is 6.89. The number of ether oxygens (including phenoxy) is 9. The second kappa shape index (κ2) is 27.0. The first-order chi connectivity index (χ1) is 33.1. The topological polar surface area (TPSA) is 279 Å². The lowest BCUT2D eigenvalue weighted by molar-refractivity contribution is -0.175. The first-order valence-corrected chi connectivity index (χ1v) is 22.2. The maximum absolute atomic E-state index is 14.0. The summed E-state index contributed by atoms with van der Waals surface area (Å²) < 4.78 is 50.3. The highest BCUT2D eigenvalue weighted by Gasteiger charge is 2.51. The Labute approximate surface area is 403 Å². The Balaban J connectivity index is 0.00000888. The van der Waals surface area contributed by atoms with Gasteiger partial charge < -0.3 is 62.9 Å². The van der Waals surface area contributed by atoms with E-state index in [0.29, 0.717) is 94.0 Å². The van der Waals surface area contributed by atoms with Crippen LogP contribution >= 0.6 is 13.5 Å². The molecule has 0 aliphatic carbocycles. The molecule has 23 heteroatoms. The van der Waals surface area contributed by atoms with Gasteiger partial charge >= 0.3 is 12.1 Å². The highest BCUT2D eigenvalue weighted by molar-refractivity contribution is 7.59. The Morgan fingerprint density at radius 2 is 1.51 bits per heavy atom. The number of carbonyl (C=O) groups is 4. The van der Waals surface area contributed by atoms with Crippen LogP contribution in [0.15, 0.2) is 58.4 Å². The number of cyclic esters (lactones) is 1. The van der Waals surface area contributed by atoms with Crippen molar-refractivity contribution in [2.24, 2.45) is 5.11 Å². The van der Waals surface area contributed by atoms with E-state index in [1.807, 2.05) is 6.92 Å². The molecule has 1 atom stereocenters. The van der Waals surface area contributed by atoms with Crippen LogP contribution in [0.4, 0.5) is 10.5 Å². The second-order valence-corrected chi connectivity index (χ2v) is 15.3. The Bertz CT molecular complexity index is 2520. The molecule has 2 aromatic carbocycles. The van der Waals surface area contributed by atoms with Crippen molar-refractivity contribution in [2.75, 3.05) is 97.7 Å². The number of carbonyl (C=O) groups excluding carboxylic acids is 4. The van der Waals surface area contributed by atoms with Crippen molar-refractivity contribution in [3.05, 3.63) is 97.1 Å². The van der Waals surface area contributed by atoms with Gasteiger partial charge in [-0.05, 0) is 65.9 Å². The molecule has 0 bridgehead atoms. The molecule has 2 aliphatic heterocycles. The van der Waals surface area contributed by atoms with E-state index in [0.717, 1.165) is 16.5 Å². The molecule has 0 spiro atoms. The molecule has 3 N–H and O–H groups in total. The van der Waals surface area contributed by atoms with Crippen LogP contribution in [0.1, 0.15) is 48.1 Å². The minimum Gasteiger partial charge on any atom is -0.508 e. The van der Waals surface area contributed by atoms with Crippen LogP contribution in [0.3, 0.4) is 0 Å². The predicted molar refractivity (Wildman–Crippen MR) is 252 cm³/mol. The molecule has 4 heterocycles. The molecule has 372 valence electrons. The van der Waals surface area contributed by atoms with E-state index in [4.69, 9.17) is 53.1 Å². The number of rotatable bonds is 28. The van der Waals surface area contributed by atoms with Crippen molar-refractivity contribution in [1.82, 2.24) is 14.9 Å². The van der Waals surface area contributed by atoms with Crippen molar-refractivity contribution >= 4 is 54.0 Å². The van der Waals surface area contributed by atoms with E-state index in [-0.39, 0.29) is 89.5 Å². The van der Waals surface area contributed by atoms with E-state index in [1.54, 1.807) is 60.0 Å². The van der Waals surface area contributed by atoms with Gasteiger partial charge in [-0.1, -0.05) is 31.1 Å². The number of azide groups is 1. The van der Waals surface area contributed by atoms with Crippen molar-refractivity contribution in [1.29, 1.82) is 0 Å². The first kappa shape index (κ1) is 53.7. The molecule has 2 amide bonds. The standard InChI is InChI=1S/C46H55N7O15.H2S/c1-3-33-34-23-32(54)9-10-38(34)51-42-35(33)25-53-39(42)24-37-36(43(53)57)27-66-44(58)46(37,4-2)68-45(59)67-26-30-5-7-31(8-6-30)50-41(56)29-65-28-40(55)48-11-13-60-15-17-62-19-21-64-22-20-63-18-16-61-14-12-49-52-47;/h5-10,23-24,54H,3-4,11-22,25-29H2,1-2H3,(H,48,55)(H,50,56);1H2/t46-;/m0./s1. The van der Waals surface area contributed by atoms with Gasteiger partial charge in [0.2, 0.25) is 17.4 Å². The minimum atomic E-state index is -1.97. The van der Waals surface area contributed by atoms with Gasteiger partial charge in [-0.2, -0.15) is 13.5 Å². The van der Waals surface area contributed by atoms with Gasteiger partial charge in [-0.25, -0.2) is 14.6 Å². The molecule has 0 unspecified atom stereocenters. The van der Waals surface area contributed by atoms with E-state index >= 15 is 0 Å².